The first-order valence-electron chi connectivity index (χ1n) is 8.55. The van der Waals surface area contributed by atoms with Crippen LogP contribution in [0.3, 0.4) is 0 Å². The highest BCUT2D eigenvalue weighted by Crippen LogP contribution is 2.40. The van der Waals surface area contributed by atoms with Crippen molar-refractivity contribution >= 4 is 0 Å². The van der Waals surface area contributed by atoms with Crippen LogP contribution in [0, 0.1) is 17.3 Å². The van der Waals surface area contributed by atoms with Crippen molar-refractivity contribution in [2.45, 2.75) is 71.1 Å². The van der Waals surface area contributed by atoms with Gasteiger partial charge in [0.05, 0.1) is 12.2 Å². The summed E-state index contributed by atoms with van der Waals surface area (Å²) in [7, 11) is 0. The summed E-state index contributed by atoms with van der Waals surface area (Å²) < 4.78 is 5.95. The normalized spacial score (nSPS) is 42.9. The summed E-state index contributed by atoms with van der Waals surface area (Å²) >= 11 is 0. The maximum absolute atomic E-state index is 6.43. The van der Waals surface area contributed by atoms with Crippen molar-refractivity contribution in [2.75, 3.05) is 19.6 Å². The molecular weight excluding hydrogens is 248 g/mol. The molecule has 2 N–H and O–H groups in total. The summed E-state index contributed by atoms with van der Waals surface area (Å²) in [4.78, 5) is 2.64. The van der Waals surface area contributed by atoms with Gasteiger partial charge in [-0.15, -0.1) is 0 Å². The minimum absolute atomic E-state index is 0.411. The molecule has 3 heteroatoms. The van der Waals surface area contributed by atoms with Crippen molar-refractivity contribution in [2.24, 2.45) is 23.0 Å². The Labute approximate surface area is 124 Å². The first-order chi connectivity index (χ1) is 9.41. The van der Waals surface area contributed by atoms with Crippen LogP contribution in [-0.4, -0.2) is 42.8 Å². The van der Waals surface area contributed by atoms with Crippen LogP contribution in [0.5, 0.6) is 0 Å². The van der Waals surface area contributed by atoms with Gasteiger partial charge in [0.15, 0.2) is 0 Å². The fourth-order valence-electron chi connectivity index (χ4n) is 4.46. The highest BCUT2D eigenvalue weighted by molar-refractivity contribution is 4.91. The minimum atomic E-state index is 0.411. The molecule has 1 saturated carbocycles. The average molecular weight is 280 g/mol. The fraction of sp³-hybridized carbons (Fsp3) is 1.00. The molecule has 0 aromatic heterocycles. The first kappa shape index (κ1) is 14.8. The summed E-state index contributed by atoms with van der Waals surface area (Å²) in [6.45, 7) is 10.6. The summed E-state index contributed by atoms with van der Waals surface area (Å²) in [5.41, 5.74) is 6.86. The molecule has 3 fully saturated rings. The van der Waals surface area contributed by atoms with Crippen LogP contribution in [0.1, 0.15) is 52.9 Å². The predicted octanol–water partition coefficient (Wildman–Crippen LogP) is 2.64. The predicted molar refractivity (Wildman–Crippen MR) is 82.6 cm³/mol. The van der Waals surface area contributed by atoms with Gasteiger partial charge >= 0.3 is 0 Å². The Balaban J connectivity index is 1.58. The van der Waals surface area contributed by atoms with E-state index in [0.29, 0.717) is 29.6 Å². The minimum Gasteiger partial charge on any atom is -0.372 e. The third-order valence-corrected chi connectivity index (χ3v) is 5.88. The van der Waals surface area contributed by atoms with Gasteiger partial charge in [-0.2, -0.15) is 0 Å². The van der Waals surface area contributed by atoms with Crippen molar-refractivity contribution in [3.05, 3.63) is 0 Å². The monoisotopic (exact) mass is 280 g/mol. The van der Waals surface area contributed by atoms with Crippen LogP contribution in [0.25, 0.3) is 0 Å². The third-order valence-electron chi connectivity index (χ3n) is 5.88. The molecule has 116 valence electrons. The lowest BCUT2D eigenvalue weighted by atomic mass is 9.67. The number of hydrogen-bond acceptors (Lipinski definition) is 3. The Morgan fingerprint density at radius 3 is 2.30 bits per heavy atom. The lowest BCUT2D eigenvalue weighted by Gasteiger charge is -2.43. The van der Waals surface area contributed by atoms with Gasteiger partial charge in [-0.1, -0.05) is 20.8 Å². The zero-order valence-corrected chi connectivity index (χ0v) is 13.5. The largest absolute Gasteiger partial charge is 0.372 e. The summed E-state index contributed by atoms with van der Waals surface area (Å²) in [6.07, 6.45) is 7.39. The molecule has 0 amide bonds. The van der Waals surface area contributed by atoms with E-state index in [4.69, 9.17) is 10.5 Å². The zero-order chi connectivity index (χ0) is 14.3. The lowest BCUT2D eigenvalue weighted by molar-refractivity contribution is -0.0472. The van der Waals surface area contributed by atoms with Gasteiger partial charge in [-0.05, 0) is 49.4 Å². The van der Waals surface area contributed by atoms with Crippen LogP contribution >= 0.6 is 0 Å². The number of ether oxygens (including phenoxy) is 1. The van der Waals surface area contributed by atoms with Crippen molar-refractivity contribution in [3.8, 4) is 0 Å². The fourth-order valence-corrected chi connectivity index (χ4v) is 4.46. The number of nitrogens with two attached hydrogens (primary N) is 1. The quantitative estimate of drug-likeness (QED) is 0.845. The van der Waals surface area contributed by atoms with Gasteiger partial charge in [0.25, 0.3) is 0 Å². The Hall–Kier alpha value is -0.120. The molecule has 0 aromatic rings. The van der Waals surface area contributed by atoms with Gasteiger partial charge in [0, 0.05) is 25.7 Å². The maximum atomic E-state index is 6.43. The Morgan fingerprint density at radius 2 is 1.70 bits per heavy atom. The standard InChI is InChI=1S/C17H32N2O/c1-17(2,3)13-4-7-16(18)12(8-13)9-19-10-14-5-6-15(11-19)20-14/h12-16H,4-11,18H2,1-3H3. The summed E-state index contributed by atoms with van der Waals surface area (Å²) in [5, 5.41) is 0. The van der Waals surface area contributed by atoms with Crippen LogP contribution in [0.15, 0.2) is 0 Å². The number of morpholine rings is 1. The smallest absolute Gasteiger partial charge is 0.0707 e. The van der Waals surface area contributed by atoms with Gasteiger partial charge in [0.1, 0.15) is 0 Å². The lowest BCUT2D eigenvalue weighted by Crippen LogP contribution is -2.49. The number of hydrogen-bond donors (Lipinski definition) is 1. The topological polar surface area (TPSA) is 38.5 Å². The van der Waals surface area contributed by atoms with Crippen LogP contribution in [0.4, 0.5) is 0 Å². The average Bonchev–Trinajstić information content (AvgIpc) is 2.70. The van der Waals surface area contributed by atoms with E-state index in [1.807, 2.05) is 0 Å². The maximum Gasteiger partial charge on any atom is 0.0707 e. The molecule has 0 radical (unpaired) electrons. The van der Waals surface area contributed by atoms with E-state index in [9.17, 15) is 0 Å². The molecule has 20 heavy (non-hydrogen) atoms. The second kappa shape index (κ2) is 5.58. The van der Waals surface area contributed by atoms with E-state index in [-0.39, 0.29) is 0 Å². The molecular formula is C17H32N2O. The third kappa shape index (κ3) is 3.20. The Morgan fingerprint density at radius 1 is 1.05 bits per heavy atom. The second-order valence-corrected chi connectivity index (χ2v) is 8.48. The molecule has 3 rings (SSSR count). The number of rotatable bonds is 2. The van der Waals surface area contributed by atoms with Crippen molar-refractivity contribution in [1.29, 1.82) is 0 Å². The summed E-state index contributed by atoms with van der Waals surface area (Å²) in [6, 6.07) is 0.411. The Bertz CT molecular complexity index is 326. The van der Waals surface area contributed by atoms with Crippen molar-refractivity contribution < 1.29 is 4.74 Å². The van der Waals surface area contributed by atoms with Crippen molar-refractivity contribution in [1.82, 2.24) is 4.90 Å². The molecule has 0 aromatic carbocycles. The molecule has 2 aliphatic heterocycles. The second-order valence-electron chi connectivity index (χ2n) is 8.48. The van der Waals surface area contributed by atoms with E-state index < -0.39 is 0 Å². The molecule has 5 unspecified atom stereocenters. The van der Waals surface area contributed by atoms with E-state index >= 15 is 0 Å². The number of fused-ring (bicyclic) bond motifs is 2. The molecule has 2 heterocycles. The number of likely N-dealkylation sites (tertiary alicyclic amines) is 1. The van der Waals surface area contributed by atoms with Gasteiger partial charge in [-0.3, -0.25) is 4.90 Å². The molecule has 3 nitrogen and oxygen atoms in total. The zero-order valence-electron chi connectivity index (χ0n) is 13.5. The molecule has 2 saturated heterocycles. The molecule has 0 spiro atoms. The SMILES string of the molecule is CC(C)(C)C1CCC(N)C(CN2CC3CCC(C2)O3)C1. The first-order valence-corrected chi connectivity index (χ1v) is 8.55. The highest BCUT2D eigenvalue weighted by atomic mass is 16.5. The molecule has 3 aliphatic rings. The number of nitrogens with zero attached hydrogens (tertiary/aromatic N) is 1. The van der Waals surface area contributed by atoms with Gasteiger partial charge in [0.2, 0.25) is 0 Å². The van der Waals surface area contributed by atoms with Crippen molar-refractivity contribution in [3.63, 3.8) is 0 Å². The van der Waals surface area contributed by atoms with Gasteiger partial charge in [-0.25, -0.2) is 0 Å². The van der Waals surface area contributed by atoms with E-state index in [0.717, 1.165) is 19.0 Å². The van der Waals surface area contributed by atoms with Crippen LogP contribution < -0.4 is 5.73 Å². The van der Waals surface area contributed by atoms with E-state index in [1.165, 1.54) is 38.6 Å². The van der Waals surface area contributed by atoms with E-state index in [2.05, 4.69) is 25.7 Å². The van der Waals surface area contributed by atoms with Crippen LogP contribution in [0.2, 0.25) is 0 Å². The van der Waals surface area contributed by atoms with Crippen LogP contribution in [-0.2, 0) is 4.74 Å². The highest BCUT2D eigenvalue weighted by Gasteiger charge is 2.38. The summed E-state index contributed by atoms with van der Waals surface area (Å²) in [5.74, 6) is 1.52. The van der Waals surface area contributed by atoms with Gasteiger partial charge < -0.3 is 10.5 Å². The molecule has 1 aliphatic carbocycles. The molecule has 5 atom stereocenters. The Kier molecular flexibility index (Phi) is 4.13. The van der Waals surface area contributed by atoms with E-state index in [1.54, 1.807) is 0 Å². The molecule has 2 bridgehead atoms.